The topological polar surface area (TPSA) is 78.9 Å². The zero-order valence-corrected chi connectivity index (χ0v) is 25.8. The number of carbonyl (C=O) groups excluding carboxylic acids is 3. The van der Waals surface area contributed by atoms with Gasteiger partial charge in [-0.1, -0.05) is 53.9 Å². The molecular weight excluding hydrogens is 492 g/mol. The highest BCUT2D eigenvalue weighted by Gasteiger charge is 2.67. The molecule has 0 radical (unpaired) electrons. The smallest absolute Gasteiger partial charge is 0.302 e. The molecule has 0 bridgehead atoms. The van der Waals surface area contributed by atoms with Crippen molar-refractivity contribution < 1.29 is 28.6 Å². The molecule has 4 fully saturated rings. The number of hydrogen-bond acceptors (Lipinski definition) is 6. The quantitative estimate of drug-likeness (QED) is 0.238. The molecule has 0 aromatic rings. The van der Waals surface area contributed by atoms with E-state index in [-0.39, 0.29) is 53.0 Å². The third-order valence-electron chi connectivity index (χ3n) is 11.8. The van der Waals surface area contributed by atoms with Gasteiger partial charge in [-0.15, -0.1) is 0 Å². The number of ether oxygens (including phenoxy) is 3. The van der Waals surface area contributed by atoms with Gasteiger partial charge in [-0.25, -0.2) is 0 Å². The average molecular weight is 547 g/mol. The van der Waals surface area contributed by atoms with Crippen molar-refractivity contribution in [2.75, 3.05) is 0 Å². The van der Waals surface area contributed by atoms with Gasteiger partial charge in [-0.3, -0.25) is 14.4 Å². The van der Waals surface area contributed by atoms with Gasteiger partial charge in [0.05, 0.1) is 0 Å². The second-order valence-electron chi connectivity index (χ2n) is 14.6. The summed E-state index contributed by atoms with van der Waals surface area (Å²) in [7, 11) is 0. The molecule has 6 heteroatoms. The van der Waals surface area contributed by atoms with E-state index < -0.39 is 0 Å². The molecule has 0 spiro atoms. The maximum absolute atomic E-state index is 12.5. The Bertz CT molecular complexity index is 914. The van der Waals surface area contributed by atoms with Crippen LogP contribution in [-0.4, -0.2) is 36.2 Å². The van der Waals surface area contributed by atoms with E-state index >= 15 is 0 Å². The van der Waals surface area contributed by atoms with E-state index in [1.165, 1.54) is 33.1 Å². The Labute approximate surface area is 236 Å². The molecular formula is C33H54O6. The summed E-state index contributed by atoms with van der Waals surface area (Å²) >= 11 is 0. The molecule has 0 amide bonds. The van der Waals surface area contributed by atoms with Gasteiger partial charge in [-0.2, -0.15) is 0 Å². The van der Waals surface area contributed by atoms with Crippen LogP contribution < -0.4 is 0 Å². The molecule has 4 saturated carbocycles. The fourth-order valence-electron chi connectivity index (χ4n) is 10.2. The Balaban J connectivity index is 1.68. The molecule has 0 unspecified atom stereocenters. The predicted molar refractivity (Wildman–Crippen MR) is 150 cm³/mol. The van der Waals surface area contributed by atoms with E-state index in [0.29, 0.717) is 35.5 Å². The average Bonchev–Trinajstić information content (AvgIpc) is 3.17. The first-order chi connectivity index (χ1) is 18.3. The Morgan fingerprint density at radius 3 is 2.08 bits per heavy atom. The van der Waals surface area contributed by atoms with Crippen molar-refractivity contribution in [3.63, 3.8) is 0 Å². The van der Waals surface area contributed by atoms with Crippen LogP contribution in [0.2, 0.25) is 0 Å². The molecule has 6 nitrogen and oxygen atoms in total. The van der Waals surface area contributed by atoms with Crippen LogP contribution in [0, 0.1) is 52.3 Å². The van der Waals surface area contributed by atoms with Crippen LogP contribution in [0.15, 0.2) is 0 Å². The van der Waals surface area contributed by atoms with Gasteiger partial charge in [0.1, 0.15) is 18.3 Å². The molecule has 0 N–H and O–H groups in total. The Morgan fingerprint density at radius 1 is 0.795 bits per heavy atom. The van der Waals surface area contributed by atoms with Crippen molar-refractivity contribution in [2.24, 2.45) is 52.3 Å². The molecule has 39 heavy (non-hydrogen) atoms. The first kappa shape index (κ1) is 30.4. The molecule has 4 rings (SSSR count). The van der Waals surface area contributed by atoms with E-state index in [2.05, 4.69) is 34.6 Å². The first-order valence-corrected chi connectivity index (χ1v) is 15.8. The molecule has 4 aliphatic rings. The lowest BCUT2D eigenvalue weighted by Crippen LogP contribution is -2.63. The third-order valence-corrected chi connectivity index (χ3v) is 11.8. The van der Waals surface area contributed by atoms with Crippen molar-refractivity contribution in [3.05, 3.63) is 0 Å². The van der Waals surface area contributed by atoms with Crippen molar-refractivity contribution >= 4 is 17.9 Å². The van der Waals surface area contributed by atoms with E-state index in [1.54, 1.807) is 6.92 Å². The minimum absolute atomic E-state index is 0.0403. The van der Waals surface area contributed by atoms with Crippen molar-refractivity contribution in [1.82, 2.24) is 0 Å². The van der Waals surface area contributed by atoms with Gasteiger partial charge < -0.3 is 14.2 Å². The summed E-state index contributed by atoms with van der Waals surface area (Å²) in [5.74, 6) is 2.36. The monoisotopic (exact) mass is 546 g/mol. The van der Waals surface area contributed by atoms with Crippen molar-refractivity contribution in [3.8, 4) is 0 Å². The SMILES string of the molecule is CC(=O)O[C@@H]1CC[C@@]2(C)[C@@H](C1)C[C@@H](OC(C)=O)[C@@H]1[C@@H]2C[C@H](OC(C)=O)[C@]2(C)[C@@H]([C@H](C)CCCC(C)C)CC[C@@H]12. The first-order valence-electron chi connectivity index (χ1n) is 15.8. The molecule has 0 saturated heterocycles. The van der Waals surface area contributed by atoms with Crippen LogP contribution in [0.4, 0.5) is 0 Å². The Morgan fingerprint density at radius 2 is 1.46 bits per heavy atom. The van der Waals surface area contributed by atoms with Gasteiger partial charge in [-0.05, 0) is 85.9 Å². The summed E-state index contributed by atoms with van der Waals surface area (Å²) in [6.07, 6.45) is 9.91. The zero-order chi connectivity index (χ0) is 28.7. The van der Waals surface area contributed by atoms with Crippen LogP contribution in [0.3, 0.4) is 0 Å². The van der Waals surface area contributed by atoms with Gasteiger partial charge >= 0.3 is 17.9 Å². The summed E-state index contributed by atoms with van der Waals surface area (Å²) in [5, 5.41) is 0. The molecule has 0 aliphatic heterocycles. The van der Waals surface area contributed by atoms with E-state index in [9.17, 15) is 14.4 Å². The predicted octanol–water partition coefficient (Wildman–Crippen LogP) is 7.12. The Kier molecular flexibility index (Phi) is 9.13. The largest absolute Gasteiger partial charge is 0.463 e. The summed E-state index contributed by atoms with van der Waals surface area (Å²) < 4.78 is 18.1. The molecule has 0 heterocycles. The van der Waals surface area contributed by atoms with Crippen LogP contribution in [-0.2, 0) is 28.6 Å². The van der Waals surface area contributed by atoms with Gasteiger partial charge in [0.15, 0.2) is 0 Å². The second kappa shape index (κ2) is 11.7. The molecule has 0 aromatic carbocycles. The Hall–Kier alpha value is -1.59. The van der Waals surface area contributed by atoms with E-state index in [4.69, 9.17) is 14.2 Å². The lowest BCUT2D eigenvalue weighted by molar-refractivity contribution is -0.224. The third kappa shape index (κ3) is 5.91. The second-order valence-corrected chi connectivity index (χ2v) is 14.6. The lowest BCUT2D eigenvalue weighted by Gasteiger charge is -2.64. The summed E-state index contributed by atoms with van der Waals surface area (Å²) in [6.45, 7) is 16.4. The maximum Gasteiger partial charge on any atom is 0.302 e. The number of fused-ring (bicyclic) bond motifs is 5. The zero-order valence-electron chi connectivity index (χ0n) is 25.8. The van der Waals surface area contributed by atoms with E-state index in [0.717, 1.165) is 44.9 Å². The number of rotatable bonds is 8. The normalized spacial score (nSPS) is 42.1. The molecule has 4 aliphatic carbocycles. The lowest BCUT2D eigenvalue weighted by atomic mass is 9.43. The van der Waals surface area contributed by atoms with Gasteiger partial charge in [0, 0.05) is 32.1 Å². The van der Waals surface area contributed by atoms with Gasteiger partial charge in [0.25, 0.3) is 0 Å². The molecule has 222 valence electrons. The minimum Gasteiger partial charge on any atom is -0.463 e. The highest BCUT2D eigenvalue weighted by molar-refractivity contribution is 5.67. The number of carbonyl (C=O) groups is 3. The highest BCUT2D eigenvalue weighted by Crippen LogP contribution is 2.69. The standard InChI is InChI=1S/C33H54O6/c1-19(2)10-9-11-20(3)26-12-13-27-31-28(18-30(33(26,27)8)39-23(6)36)32(7)15-14-25(37-21(4)34)16-24(32)17-29(31)38-22(5)35/h19-20,24-31H,9-18H2,1-8H3/t20-,24+,25-,26-,27+,28+,29-,30+,31+,32+,33-/m1/s1. The maximum atomic E-state index is 12.5. The fourth-order valence-corrected chi connectivity index (χ4v) is 10.2. The summed E-state index contributed by atoms with van der Waals surface area (Å²) in [4.78, 5) is 36.6. The van der Waals surface area contributed by atoms with E-state index in [1.807, 2.05) is 0 Å². The summed E-state index contributed by atoms with van der Waals surface area (Å²) in [5.41, 5.74) is -0.0840. The van der Waals surface area contributed by atoms with Crippen LogP contribution in [0.25, 0.3) is 0 Å². The highest BCUT2D eigenvalue weighted by atomic mass is 16.6. The van der Waals surface area contributed by atoms with Crippen molar-refractivity contribution in [2.45, 2.75) is 138 Å². The van der Waals surface area contributed by atoms with Gasteiger partial charge in [0.2, 0.25) is 0 Å². The fraction of sp³-hybridized carbons (Fsp3) is 0.909. The van der Waals surface area contributed by atoms with Crippen LogP contribution in [0.1, 0.15) is 120 Å². The number of hydrogen-bond donors (Lipinski definition) is 0. The van der Waals surface area contributed by atoms with Crippen LogP contribution >= 0.6 is 0 Å². The van der Waals surface area contributed by atoms with Crippen molar-refractivity contribution in [1.29, 1.82) is 0 Å². The minimum atomic E-state index is -0.225. The number of esters is 3. The molecule has 0 aromatic heterocycles. The summed E-state index contributed by atoms with van der Waals surface area (Å²) in [6, 6.07) is 0. The van der Waals surface area contributed by atoms with Crippen LogP contribution in [0.5, 0.6) is 0 Å². The molecule has 11 atom stereocenters.